The lowest BCUT2D eigenvalue weighted by Crippen LogP contribution is -2.23. The largest absolute Gasteiger partial charge is 0.345 e. The van der Waals surface area contributed by atoms with Crippen molar-refractivity contribution in [1.29, 1.82) is 0 Å². The summed E-state index contributed by atoms with van der Waals surface area (Å²) in [6.45, 7) is 0.364. The number of benzene rings is 1. The molecule has 1 amide bonds. The van der Waals surface area contributed by atoms with Crippen LogP contribution in [0.3, 0.4) is 0 Å². The van der Waals surface area contributed by atoms with Gasteiger partial charge in [-0.15, -0.1) is 0 Å². The molecular weight excluding hydrogens is 257 g/mol. The van der Waals surface area contributed by atoms with Crippen molar-refractivity contribution in [2.45, 2.75) is 32.2 Å². The molecule has 3 rings (SSSR count). The Balaban J connectivity index is 1.63. The fraction of sp³-hybridized carbons (Fsp3) is 0.333. The van der Waals surface area contributed by atoms with Crippen molar-refractivity contribution < 1.29 is 9.18 Å². The lowest BCUT2D eigenvalue weighted by Gasteiger charge is -2.07. The van der Waals surface area contributed by atoms with E-state index in [0.717, 1.165) is 24.4 Å². The first-order valence-corrected chi connectivity index (χ1v) is 6.83. The quantitative estimate of drug-likeness (QED) is 0.902. The van der Waals surface area contributed by atoms with E-state index in [4.69, 9.17) is 0 Å². The molecule has 0 spiro atoms. The first-order valence-electron chi connectivity index (χ1n) is 6.83. The summed E-state index contributed by atoms with van der Waals surface area (Å²) in [4.78, 5) is 19.7. The maximum Gasteiger partial charge on any atom is 0.251 e. The number of H-pyrrole nitrogens is 1. The van der Waals surface area contributed by atoms with Gasteiger partial charge in [0.1, 0.15) is 11.6 Å². The number of aryl methyl sites for hydroxylation is 2. The zero-order chi connectivity index (χ0) is 13.9. The Morgan fingerprint density at radius 3 is 2.75 bits per heavy atom. The van der Waals surface area contributed by atoms with Crippen molar-refractivity contribution in [2.75, 3.05) is 0 Å². The van der Waals surface area contributed by atoms with Gasteiger partial charge in [0.2, 0.25) is 0 Å². The molecule has 0 radical (unpaired) electrons. The van der Waals surface area contributed by atoms with E-state index in [2.05, 4.69) is 15.3 Å². The zero-order valence-corrected chi connectivity index (χ0v) is 11.1. The van der Waals surface area contributed by atoms with Crippen molar-refractivity contribution >= 4 is 5.91 Å². The minimum Gasteiger partial charge on any atom is -0.345 e. The van der Waals surface area contributed by atoms with E-state index in [1.54, 1.807) is 0 Å². The molecule has 2 N–H and O–H groups in total. The monoisotopic (exact) mass is 273 g/mol. The SMILES string of the molecule is O=C(NCc1nc2c([nH]1)CCCC2)c1ccc(F)cc1. The van der Waals surface area contributed by atoms with Gasteiger partial charge in [0.15, 0.2) is 0 Å². The highest BCUT2D eigenvalue weighted by molar-refractivity contribution is 5.94. The summed E-state index contributed by atoms with van der Waals surface area (Å²) in [7, 11) is 0. The summed E-state index contributed by atoms with van der Waals surface area (Å²) in [6, 6.07) is 5.50. The van der Waals surface area contributed by atoms with E-state index in [0.29, 0.717) is 12.1 Å². The average Bonchev–Trinajstić information content (AvgIpc) is 2.88. The van der Waals surface area contributed by atoms with Crippen molar-refractivity contribution in [3.8, 4) is 0 Å². The van der Waals surface area contributed by atoms with Gasteiger partial charge in [-0.25, -0.2) is 9.37 Å². The second-order valence-electron chi connectivity index (χ2n) is 5.01. The normalized spacial score (nSPS) is 13.8. The predicted octanol–water partition coefficient (Wildman–Crippen LogP) is 2.36. The van der Waals surface area contributed by atoms with Crippen LogP contribution in [0.5, 0.6) is 0 Å². The number of rotatable bonds is 3. The highest BCUT2D eigenvalue weighted by Gasteiger charge is 2.14. The Kier molecular flexibility index (Phi) is 3.50. The van der Waals surface area contributed by atoms with Crippen molar-refractivity contribution in [2.24, 2.45) is 0 Å². The van der Waals surface area contributed by atoms with E-state index in [9.17, 15) is 9.18 Å². The summed E-state index contributed by atoms with van der Waals surface area (Å²) in [5.74, 6) is 0.215. The molecule has 0 atom stereocenters. The molecule has 1 aromatic carbocycles. The molecule has 104 valence electrons. The number of aromatic amines is 1. The Bertz CT molecular complexity index is 595. The minimum atomic E-state index is -0.347. The van der Waals surface area contributed by atoms with Gasteiger partial charge in [0, 0.05) is 11.3 Å². The molecule has 0 fully saturated rings. The van der Waals surface area contributed by atoms with Crippen LogP contribution in [0.1, 0.15) is 40.4 Å². The summed E-state index contributed by atoms with van der Waals surface area (Å²) in [6.07, 6.45) is 4.42. The Morgan fingerprint density at radius 1 is 1.25 bits per heavy atom. The van der Waals surface area contributed by atoms with Crippen LogP contribution in [0.2, 0.25) is 0 Å². The highest BCUT2D eigenvalue weighted by atomic mass is 19.1. The van der Waals surface area contributed by atoms with E-state index >= 15 is 0 Å². The number of hydrogen-bond donors (Lipinski definition) is 2. The van der Waals surface area contributed by atoms with Crippen molar-refractivity contribution in [3.05, 3.63) is 52.9 Å². The van der Waals surface area contributed by atoms with Gasteiger partial charge in [-0.3, -0.25) is 4.79 Å². The van der Waals surface area contributed by atoms with Crippen molar-refractivity contribution in [1.82, 2.24) is 15.3 Å². The van der Waals surface area contributed by atoms with E-state index < -0.39 is 0 Å². The highest BCUT2D eigenvalue weighted by Crippen LogP contribution is 2.18. The topological polar surface area (TPSA) is 57.8 Å². The molecule has 0 saturated heterocycles. The van der Waals surface area contributed by atoms with Crippen LogP contribution in [0.25, 0.3) is 0 Å². The van der Waals surface area contributed by atoms with Crippen LogP contribution in [-0.4, -0.2) is 15.9 Å². The van der Waals surface area contributed by atoms with Gasteiger partial charge in [-0.05, 0) is 49.9 Å². The van der Waals surface area contributed by atoms with Crippen LogP contribution >= 0.6 is 0 Å². The molecule has 4 nitrogen and oxygen atoms in total. The number of nitrogens with one attached hydrogen (secondary N) is 2. The fourth-order valence-corrected chi connectivity index (χ4v) is 2.46. The van der Waals surface area contributed by atoms with E-state index in [1.165, 1.54) is 42.8 Å². The van der Waals surface area contributed by atoms with Gasteiger partial charge in [-0.1, -0.05) is 0 Å². The third-order valence-electron chi connectivity index (χ3n) is 3.53. The zero-order valence-electron chi connectivity index (χ0n) is 11.1. The molecule has 20 heavy (non-hydrogen) atoms. The number of carbonyl (C=O) groups is 1. The Morgan fingerprint density at radius 2 is 2.00 bits per heavy atom. The maximum atomic E-state index is 12.8. The molecule has 1 aromatic heterocycles. The maximum absolute atomic E-state index is 12.8. The number of imidazole rings is 1. The number of carbonyl (C=O) groups excluding carboxylic acids is 1. The second kappa shape index (κ2) is 5.45. The van der Waals surface area contributed by atoms with Crippen LogP contribution in [0, 0.1) is 5.82 Å². The summed E-state index contributed by atoms with van der Waals surface area (Å²) >= 11 is 0. The Hall–Kier alpha value is -2.17. The molecule has 0 bridgehead atoms. The molecule has 0 unspecified atom stereocenters. The Labute approximate surface area is 116 Å². The fourth-order valence-electron chi connectivity index (χ4n) is 2.46. The second-order valence-corrected chi connectivity index (χ2v) is 5.01. The summed E-state index contributed by atoms with van der Waals surface area (Å²) < 4.78 is 12.8. The lowest BCUT2D eigenvalue weighted by molar-refractivity contribution is 0.0950. The van der Waals surface area contributed by atoms with Crippen LogP contribution in [0.15, 0.2) is 24.3 Å². The number of halogens is 1. The standard InChI is InChI=1S/C15H16FN3O/c16-11-7-5-10(6-8-11)15(20)17-9-14-18-12-3-1-2-4-13(12)19-14/h5-8H,1-4,9H2,(H,17,20)(H,18,19). The van der Waals surface area contributed by atoms with Crippen LogP contribution in [-0.2, 0) is 19.4 Å². The number of nitrogens with zero attached hydrogens (tertiary/aromatic N) is 1. The number of aromatic nitrogens is 2. The van der Waals surface area contributed by atoms with Gasteiger partial charge < -0.3 is 10.3 Å². The average molecular weight is 273 g/mol. The third-order valence-corrected chi connectivity index (χ3v) is 3.53. The molecular formula is C15H16FN3O. The summed E-state index contributed by atoms with van der Waals surface area (Å²) in [5, 5.41) is 2.79. The van der Waals surface area contributed by atoms with Crippen LogP contribution < -0.4 is 5.32 Å². The molecule has 1 aliphatic carbocycles. The number of amides is 1. The van der Waals surface area contributed by atoms with Crippen molar-refractivity contribution in [3.63, 3.8) is 0 Å². The molecule has 5 heteroatoms. The van der Waals surface area contributed by atoms with E-state index in [1.807, 2.05) is 0 Å². The third kappa shape index (κ3) is 2.71. The number of fused-ring (bicyclic) bond motifs is 1. The van der Waals surface area contributed by atoms with E-state index in [-0.39, 0.29) is 11.7 Å². The van der Waals surface area contributed by atoms with Gasteiger partial charge in [0.25, 0.3) is 5.91 Å². The molecule has 1 aliphatic rings. The van der Waals surface area contributed by atoms with Gasteiger partial charge >= 0.3 is 0 Å². The smallest absolute Gasteiger partial charge is 0.251 e. The molecule has 2 aromatic rings. The molecule has 0 saturated carbocycles. The first kappa shape index (κ1) is 12.8. The van der Waals surface area contributed by atoms with Crippen LogP contribution in [0.4, 0.5) is 4.39 Å². The number of hydrogen-bond acceptors (Lipinski definition) is 2. The first-order chi connectivity index (χ1) is 9.72. The molecule has 0 aliphatic heterocycles. The minimum absolute atomic E-state index is 0.223. The van der Waals surface area contributed by atoms with Gasteiger partial charge in [0.05, 0.1) is 12.2 Å². The molecule has 1 heterocycles. The lowest BCUT2D eigenvalue weighted by atomic mass is 10.0. The van der Waals surface area contributed by atoms with Gasteiger partial charge in [-0.2, -0.15) is 0 Å². The summed E-state index contributed by atoms with van der Waals surface area (Å²) in [5.41, 5.74) is 2.77. The predicted molar refractivity (Wildman–Crippen MR) is 72.8 cm³/mol.